The maximum atomic E-state index is 13.6. The largest absolute Gasteiger partial charge is 0.477 e. The SMILES string of the molecule is Cc1c(C(=O)Nc2cnc3c(c2)C2(C)N=C(N)C4(CC4)S(=O)(=O)C2CCO3)nc2ccc(Cl)cn12. The van der Waals surface area contributed by atoms with Gasteiger partial charge in [-0.1, -0.05) is 11.6 Å². The number of sulfone groups is 1. The Hall–Kier alpha value is -3.18. The topological polar surface area (TPSA) is 141 Å². The number of anilines is 1. The molecule has 1 spiro atoms. The summed E-state index contributed by atoms with van der Waals surface area (Å²) in [5.41, 5.74) is 7.33. The summed E-state index contributed by atoms with van der Waals surface area (Å²) in [6, 6.07) is 5.10. The molecule has 1 aliphatic carbocycles. The number of rotatable bonds is 2. The summed E-state index contributed by atoms with van der Waals surface area (Å²) >= 11 is 6.08. The zero-order chi connectivity index (χ0) is 24.8. The fourth-order valence-electron chi connectivity index (χ4n) is 5.27. The minimum absolute atomic E-state index is 0.137. The Balaban J connectivity index is 1.40. The van der Waals surface area contributed by atoms with Gasteiger partial charge in [0, 0.05) is 18.2 Å². The molecule has 2 unspecified atom stereocenters. The molecule has 0 bridgehead atoms. The molecule has 1 fully saturated rings. The quantitative estimate of drug-likeness (QED) is 0.535. The number of nitrogens with two attached hydrogens (primary N) is 1. The van der Waals surface area contributed by atoms with E-state index in [1.807, 2.05) is 0 Å². The van der Waals surface area contributed by atoms with Crippen LogP contribution in [0.3, 0.4) is 0 Å². The first-order chi connectivity index (χ1) is 16.6. The van der Waals surface area contributed by atoms with E-state index in [1.54, 1.807) is 42.6 Å². The van der Waals surface area contributed by atoms with E-state index in [0.717, 1.165) is 0 Å². The fourth-order valence-corrected chi connectivity index (χ4v) is 8.17. The van der Waals surface area contributed by atoms with Gasteiger partial charge in [-0.25, -0.2) is 18.4 Å². The number of aliphatic imine (C=N–C) groups is 1. The van der Waals surface area contributed by atoms with Gasteiger partial charge in [0.2, 0.25) is 5.88 Å². The number of fused-ring (bicyclic) bond motifs is 4. The Morgan fingerprint density at radius 2 is 2.11 bits per heavy atom. The van der Waals surface area contributed by atoms with Gasteiger partial charge in [0.1, 0.15) is 27.5 Å². The average Bonchev–Trinajstić information content (AvgIpc) is 3.58. The highest BCUT2D eigenvalue weighted by Crippen LogP contribution is 2.55. The van der Waals surface area contributed by atoms with Crippen molar-refractivity contribution in [3.8, 4) is 5.88 Å². The van der Waals surface area contributed by atoms with Crippen molar-refractivity contribution in [2.45, 2.75) is 48.6 Å². The monoisotopic (exact) mass is 514 g/mol. The number of halogens is 1. The summed E-state index contributed by atoms with van der Waals surface area (Å²) < 4.78 is 33.7. The number of nitrogens with zero attached hydrogens (tertiary/aromatic N) is 4. The molecule has 3 aliphatic rings. The number of nitrogens with one attached hydrogen (secondary N) is 1. The summed E-state index contributed by atoms with van der Waals surface area (Å²) in [5.74, 6) is -0.0147. The molecule has 35 heavy (non-hydrogen) atoms. The number of carbonyl (C=O) groups excluding carboxylic acids is 1. The third kappa shape index (κ3) is 3.04. The number of aryl methyl sites for hydroxylation is 1. The van der Waals surface area contributed by atoms with Gasteiger partial charge in [-0.3, -0.25) is 9.79 Å². The second-order valence-corrected chi connectivity index (χ2v) is 12.3. The van der Waals surface area contributed by atoms with Gasteiger partial charge in [-0.15, -0.1) is 0 Å². The van der Waals surface area contributed by atoms with Crippen LogP contribution in [0.5, 0.6) is 5.88 Å². The molecular weight excluding hydrogens is 492 g/mol. The van der Waals surface area contributed by atoms with E-state index >= 15 is 0 Å². The lowest BCUT2D eigenvalue weighted by molar-refractivity contribution is 0.102. The number of carbonyl (C=O) groups is 1. The highest BCUT2D eigenvalue weighted by molar-refractivity contribution is 7.94. The summed E-state index contributed by atoms with van der Waals surface area (Å²) in [4.78, 5) is 26.6. The van der Waals surface area contributed by atoms with Crippen LogP contribution >= 0.6 is 11.6 Å². The molecule has 0 radical (unpaired) electrons. The van der Waals surface area contributed by atoms with Crippen LogP contribution in [0.15, 0.2) is 35.6 Å². The number of imidazole rings is 1. The van der Waals surface area contributed by atoms with Crippen molar-refractivity contribution >= 4 is 44.5 Å². The summed E-state index contributed by atoms with van der Waals surface area (Å²) in [6.45, 7) is 3.71. The normalized spacial score (nSPS) is 25.7. The van der Waals surface area contributed by atoms with Crippen LogP contribution in [-0.4, -0.2) is 51.1 Å². The minimum atomic E-state index is -3.60. The van der Waals surface area contributed by atoms with E-state index in [1.165, 1.54) is 6.20 Å². The number of amides is 1. The van der Waals surface area contributed by atoms with Crippen molar-refractivity contribution in [2.75, 3.05) is 11.9 Å². The van der Waals surface area contributed by atoms with Crippen molar-refractivity contribution in [2.24, 2.45) is 10.7 Å². The van der Waals surface area contributed by atoms with Crippen LogP contribution < -0.4 is 15.8 Å². The molecule has 3 aromatic heterocycles. The molecule has 3 aromatic rings. The summed E-state index contributed by atoms with van der Waals surface area (Å²) in [6.07, 6.45) is 4.41. The van der Waals surface area contributed by atoms with E-state index in [9.17, 15) is 13.2 Å². The van der Waals surface area contributed by atoms with Crippen LogP contribution in [0.4, 0.5) is 5.69 Å². The number of pyridine rings is 2. The predicted octanol–water partition coefficient (Wildman–Crippen LogP) is 2.63. The van der Waals surface area contributed by atoms with Gasteiger partial charge < -0.3 is 20.2 Å². The number of ether oxygens (including phenoxy) is 1. The Kier molecular flexibility index (Phi) is 4.57. The molecule has 10 nitrogen and oxygen atoms in total. The molecule has 6 rings (SSSR count). The Morgan fingerprint density at radius 3 is 2.86 bits per heavy atom. The maximum absolute atomic E-state index is 13.6. The lowest BCUT2D eigenvalue weighted by Crippen LogP contribution is -2.56. The Morgan fingerprint density at radius 1 is 1.34 bits per heavy atom. The van der Waals surface area contributed by atoms with Gasteiger partial charge >= 0.3 is 0 Å². The van der Waals surface area contributed by atoms with Crippen molar-refractivity contribution in [3.63, 3.8) is 0 Å². The Labute approximate surface area is 206 Å². The first-order valence-corrected chi connectivity index (χ1v) is 13.2. The lowest BCUT2D eigenvalue weighted by atomic mass is 9.88. The fraction of sp³-hybridized carbons (Fsp3) is 0.391. The van der Waals surface area contributed by atoms with Gasteiger partial charge in [0.05, 0.1) is 34.5 Å². The van der Waals surface area contributed by atoms with Crippen LogP contribution in [-0.2, 0) is 15.4 Å². The smallest absolute Gasteiger partial charge is 0.276 e. The number of hydrogen-bond acceptors (Lipinski definition) is 8. The molecule has 1 amide bonds. The van der Waals surface area contributed by atoms with E-state index < -0.39 is 31.3 Å². The highest BCUT2D eigenvalue weighted by Gasteiger charge is 2.67. The van der Waals surface area contributed by atoms with Crippen LogP contribution in [0.25, 0.3) is 5.65 Å². The van der Waals surface area contributed by atoms with Gasteiger partial charge in [-0.05, 0) is 44.9 Å². The molecule has 0 aromatic carbocycles. The standard InChI is InChI=1S/C23H23ClN6O4S/c1-12-18(28-17-4-3-13(24)11-30(12)17)19(31)27-14-9-15-20(26-10-14)34-8-5-16-22(15,2)29-21(25)23(6-7-23)35(16,32)33/h3-4,9-11,16H,5-8H2,1-2H3,(H2,25,29)(H,27,31). The first kappa shape index (κ1) is 22.3. The molecule has 5 heterocycles. The van der Waals surface area contributed by atoms with Crippen molar-refractivity contribution in [1.29, 1.82) is 0 Å². The number of hydrogen-bond donors (Lipinski definition) is 2. The maximum Gasteiger partial charge on any atom is 0.276 e. The highest BCUT2D eigenvalue weighted by atomic mass is 35.5. The third-order valence-electron chi connectivity index (χ3n) is 7.38. The van der Waals surface area contributed by atoms with Crippen LogP contribution in [0.1, 0.15) is 47.9 Å². The molecule has 2 aliphatic heterocycles. The number of aromatic nitrogens is 3. The molecule has 1 saturated carbocycles. The summed E-state index contributed by atoms with van der Waals surface area (Å²) in [5, 5.41) is 2.55. The van der Waals surface area contributed by atoms with Gasteiger partial charge in [0.25, 0.3) is 5.91 Å². The lowest BCUT2D eigenvalue weighted by Gasteiger charge is -2.40. The van der Waals surface area contributed by atoms with Gasteiger partial charge in [-0.2, -0.15) is 0 Å². The van der Waals surface area contributed by atoms with Crippen LogP contribution in [0, 0.1) is 6.92 Å². The van der Waals surface area contributed by atoms with Gasteiger partial charge in [0.15, 0.2) is 9.84 Å². The average molecular weight is 515 g/mol. The van der Waals surface area contributed by atoms with Crippen molar-refractivity contribution in [3.05, 3.63) is 52.6 Å². The van der Waals surface area contributed by atoms with E-state index in [2.05, 4.69) is 15.3 Å². The van der Waals surface area contributed by atoms with E-state index in [-0.39, 0.29) is 30.4 Å². The van der Waals surface area contributed by atoms with Crippen LogP contribution in [0.2, 0.25) is 5.02 Å². The van der Waals surface area contributed by atoms with Crippen molar-refractivity contribution in [1.82, 2.24) is 14.4 Å². The van der Waals surface area contributed by atoms with E-state index in [4.69, 9.17) is 27.1 Å². The number of amidine groups is 1. The minimum Gasteiger partial charge on any atom is -0.477 e. The first-order valence-electron chi connectivity index (χ1n) is 11.2. The zero-order valence-electron chi connectivity index (χ0n) is 19.1. The summed E-state index contributed by atoms with van der Waals surface area (Å²) in [7, 11) is -3.60. The molecule has 3 N–H and O–H groups in total. The molecule has 0 saturated heterocycles. The predicted molar refractivity (Wildman–Crippen MR) is 131 cm³/mol. The molecular formula is C23H23ClN6O4S. The third-order valence-corrected chi connectivity index (χ3v) is 10.8. The molecule has 2 atom stereocenters. The Bertz CT molecular complexity index is 1560. The second-order valence-electron chi connectivity index (χ2n) is 9.46. The molecule has 182 valence electrons. The van der Waals surface area contributed by atoms with E-state index in [0.29, 0.717) is 40.5 Å². The second kappa shape index (κ2) is 7.17. The van der Waals surface area contributed by atoms with Crippen molar-refractivity contribution < 1.29 is 17.9 Å². The molecule has 12 heteroatoms. The zero-order valence-corrected chi connectivity index (χ0v) is 20.7.